The molecule has 0 unspecified atom stereocenters. The third kappa shape index (κ3) is 11.0. The van der Waals surface area contributed by atoms with Crippen LogP contribution >= 0.6 is 0 Å². The van der Waals surface area contributed by atoms with Crippen molar-refractivity contribution >= 4 is 63.7 Å². The fourth-order valence-corrected chi connectivity index (χ4v) is 8.95. The van der Waals surface area contributed by atoms with Crippen LogP contribution in [-0.2, 0) is 27.4 Å². The first-order valence-corrected chi connectivity index (χ1v) is 23.1. The molecule has 10 rings (SSSR count). The standard InChI is InChI=1S/C22H27F3N10O3.C20H25F3N10O/c1-13-10-33(2-3-34(13)15(37)11-36)21-29-16-18(32-4-6-38-7-5-32)30-17(14-8-27-20(26)28-9-14)31-19(16)35(21)12-22(23,24)25;1-12-10-32(3-2-25-12)19-28-14-16(31-4-6-34-7-5-31)29-15(13-8-26-18(24)27-9-13)30-17(14)33(19)11-20(21,22)23/h8-9,13,36H,2-7,10-12H2,1H3,(H2,26,27,28);8-9,12,25H,2-7,10-11H2,1H3,(H2,24,26,27)/t13-;12-/m11/s1. The van der Waals surface area contributed by atoms with E-state index in [0.29, 0.717) is 101 Å². The van der Waals surface area contributed by atoms with Crippen molar-refractivity contribution in [2.75, 3.05) is 130 Å². The first-order chi connectivity index (χ1) is 34.4. The van der Waals surface area contributed by atoms with Gasteiger partial charge in [0.2, 0.25) is 29.7 Å². The fourth-order valence-electron chi connectivity index (χ4n) is 8.95. The predicted molar refractivity (Wildman–Crippen MR) is 250 cm³/mol. The number of nitrogens with two attached hydrogens (primary N) is 2. The Morgan fingerprint density at radius 1 is 0.639 bits per heavy atom. The topological polar surface area (TPSA) is 275 Å². The number of nitrogens with zero attached hydrogens (tertiary/aromatic N) is 17. The third-order valence-electron chi connectivity index (χ3n) is 12.3. The number of alkyl halides is 6. The van der Waals surface area contributed by atoms with Crippen LogP contribution in [0.15, 0.2) is 24.8 Å². The molecule has 2 atom stereocenters. The van der Waals surface area contributed by atoms with E-state index in [1.54, 1.807) is 11.8 Å². The minimum absolute atomic E-state index is 0.0159. The number of aliphatic hydroxyl groups excluding tert-OH is 1. The van der Waals surface area contributed by atoms with Crippen LogP contribution in [0.1, 0.15) is 13.8 Å². The minimum Gasteiger partial charge on any atom is -0.387 e. The monoisotopic (exact) mass is 1010 g/mol. The Hall–Kier alpha value is -7.05. The highest BCUT2D eigenvalue weighted by molar-refractivity contribution is 5.89. The SMILES string of the molecule is C[C@@H]1CN(c2nc3c(N4CCOCC4)nc(-c4cnc(N)nc4)nc3n2CC(F)(F)F)CCN1.C[C@@H]1CN(c2nc3c(N4CCOCC4)nc(-c4cnc(N)nc4)nc3n2CC(F)(F)F)CCN1C(=O)CO. The summed E-state index contributed by atoms with van der Waals surface area (Å²) < 4.78 is 95.8. The average molecular weight is 1020 g/mol. The number of carbonyl (C=O) groups is 1. The summed E-state index contributed by atoms with van der Waals surface area (Å²) in [6.07, 6.45) is -3.28. The second-order valence-corrected chi connectivity index (χ2v) is 17.5. The summed E-state index contributed by atoms with van der Waals surface area (Å²) >= 11 is 0. The van der Waals surface area contributed by atoms with Gasteiger partial charge in [0.1, 0.15) is 19.7 Å². The van der Waals surface area contributed by atoms with Gasteiger partial charge >= 0.3 is 12.4 Å². The van der Waals surface area contributed by atoms with Crippen LogP contribution in [0.5, 0.6) is 0 Å². The lowest BCUT2D eigenvalue weighted by atomic mass is 10.2. The van der Waals surface area contributed by atoms with Crippen molar-refractivity contribution < 1.29 is 45.7 Å². The lowest BCUT2D eigenvalue weighted by molar-refractivity contribution is -0.140. The maximum Gasteiger partial charge on any atom is 0.406 e. The number of hydrogen-bond donors (Lipinski definition) is 4. The molecular formula is C42H52F6N20O4. The molecule has 72 heavy (non-hydrogen) atoms. The molecule has 6 aromatic rings. The van der Waals surface area contributed by atoms with Crippen molar-refractivity contribution in [2.45, 2.75) is 51.4 Å². The number of piperazine rings is 2. The van der Waals surface area contributed by atoms with E-state index >= 15 is 0 Å². The van der Waals surface area contributed by atoms with Crippen LogP contribution in [-0.4, -0.2) is 198 Å². The number of halogens is 6. The summed E-state index contributed by atoms with van der Waals surface area (Å²) in [5, 5.41) is 12.6. The van der Waals surface area contributed by atoms with E-state index in [2.05, 4.69) is 55.2 Å². The number of carbonyl (C=O) groups excluding carboxylic acids is 1. The van der Waals surface area contributed by atoms with Gasteiger partial charge in [-0.2, -0.15) is 26.3 Å². The molecule has 1 amide bonds. The van der Waals surface area contributed by atoms with Gasteiger partial charge in [0.15, 0.2) is 45.6 Å². The Morgan fingerprint density at radius 3 is 1.49 bits per heavy atom. The van der Waals surface area contributed by atoms with Crippen molar-refractivity contribution in [1.29, 1.82) is 0 Å². The number of fused-ring (bicyclic) bond motifs is 2. The number of rotatable bonds is 9. The van der Waals surface area contributed by atoms with Gasteiger partial charge in [-0.25, -0.2) is 49.8 Å². The highest BCUT2D eigenvalue weighted by atomic mass is 19.4. The zero-order valence-electron chi connectivity index (χ0n) is 39.2. The highest BCUT2D eigenvalue weighted by Crippen LogP contribution is 2.36. The lowest BCUT2D eigenvalue weighted by Crippen LogP contribution is -2.55. The smallest absolute Gasteiger partial charge is 0.387 e. The van der Waals surface area contributed by atoms with E-state index in [1.807, 2.05) is 21.6 Å². The van der Waals surface area contributed by atoms with Crippen molar-refractivity contribution in [3.05, 3.63) is 24.8 Å². The zero-order chi connectivity index (χ0) is 50.9. The normalized spacial score (nSPS) is 19.3. The number of aromatic nitrogens is 12. The quantitative estimate of drug-likeness (QED) is 0.149. The zero-order valence-corrected chi connectivity index (χ0v) is 39.2. The van der Waals surface area contributed by atoms with E-state index < -0.39 is 38.0 Å². The highest BCUT2D eigenvalue weighted by Gasteiger charge is 2.37. The van der Waals surface area contributed by atoms with E-state index in [9.17, 15) is 36.2 Å². The molecule has 4 aliphatic heterocycles. The van der Waals surface area contributed by atoms with Crippen molar-refractivity contribution in [3.8, 4) is 22.8 Å². The Bertz CT molecular complexity index is 2860. The maximum atomic E-state index is 13.9. The number of amides is 1. The minimum atomic E-state index is -4.56. The van der Waals surface area contributed by atoms with Crippen LogP contribution in [0.2, 0.25) is 0 Å². The summed E-state index contributed by atoms with van der Waals surface area (Å²) in [6, 6.07) is -0.241. The molecule has 0 spiro atoms. The van der Waals surface area contributed by atoms with E-state index in [-0.39, 0.29) is 84.0 Å². The summed E-state index contributed by atoms with van der Waals surface area (Å²) in [4.78, 5) is 64.6. The molecule has 4 saturated heterocycles. The second-order valence-electron chi connectivity index (χ2n) is 17.5. The number of anilines is 6. The molecule has 6 N–H and O–H groups in total. The average Bonchev–Trinajstić information content (AvgIpc) is 3.90. The molecule has 0 saturated carbocycles. The number of nitrogens with one attached hydrogen (secondary N) is 1. The number of aliphatic hydroxyl groups is 1. The van der Waals surface area contributed by atoms with E-state index in [0.717, 1.165) is 9.13 Å². The van der Waals surface area contributed by atoms with Gasteiger partial charge < -0.3 is 55.9 Å². The van der Waals surface area contributed by atoms with Crippen molar-refractivity contribution in [1.82, 2.24) is 69.2 Å². The van der Waals surface area contributed by atoms with Crippen molar-refractivity contribution in [2.24, 2.45) is 0 Å². The molecule has 0 aromatic carbocycles. The molecule has 30 heteroatoms. The molecule has 386 valence electrons. The number of nitrogen functional groups attached to an aromatic ring is 2. The Morgan fingerprint density at radius 2 is 1.08 bits per heavy atom. The van der Waals surface area contributed by atoms with Gasteiger partial charge in [0.05, 0.1) is 37.6 Å². The van der Waals surface area contributed by atoms with Crippen LogP contribution in [0.25, 0.3) is 45.1 Å². The lowest BCUT2D eigenvalue weighted by Gasteiger charge is -2.40. The number of ether oxygens (including phenoxy) is 2. The Labute approximate surface area is 406 Å². The largest absolute Gasteiger partial charge is 0.406 e. The Balaban J connectivity index is 0.000000179. The number of imidazole rings is 2. The van der Waals surface area contributed by atoms with Gasteiger partial charge in [0.25, 0.3) is 0 Å². The molecular weight excluding hydrogens is 963 g/mol. The molecule has 0 radical (unpaired) electrons. The molecule has 0 aliphatic carbocycles. The van der Waals surface area contributed by atoms with Crippen LogP contribution in [0.3, 0.4) is 0 Å². The second kappa shape index (κ2) is 20.6. The van der Waals surface area contributed by atoms with E-state index in [1.165, 1.54) is 29.7 Å². The van der Waals surface area contributed by atoms with Gasteiger partial charge in [-0.3, -0.25) is 13.9 Å². The first kappa shape index (κ1) is 49.9. The van der Waals surface area contributed by atoms with Crippen LogP contribution in [0, 0.1) is 0 Å². The molecule has 10 heterocycles. The molecule has 0 bridgehead atoms. The number of morpholine rings is 2. The predicted octanol–water partition coefficient (Wildman–Crippen LogP) is 1.36. The van der Waals surface area contributed by atoms with Gasteiger partial charge in [-0.1, -0.05) is 0 Å². The van der Waals surface area contributed by atoms with Crippen LogP contribution in [0.4, 0.5) is 61.8 Å². The molecule has 4 fully saturated rings. The summed E-state index contributed by atoms with van der Waals surface area (Å²) in [5.41, 5.74) is 12.7. The maximum absolute atomic E-state index is 13.9. The summed E-state index contributed by atoms with van der Waals surface area (Å²) in [7, 11) is 0. The molecule has 6 aromatic heterocycles. The number of hydrogen-bond acceptors (Lipinski definition) is 21. The fraction of sp³-hybridized carbons (Fsp3) is 0.548. The van der Waals surface area contributed by atoms with Gasteiger partial charge in [-0.05, 0) is 13.8 Å². The van der Waals surface area contributed by atoms with Gasteiger partial charge in [0, 0.05) is 102 Å². The summed E-state index contributed by atoms with van der Waals surface area (Å²) in [6.45, 7) is 6.85. The Kier molecular flexibility index (Phi) is 14.3. The third-order valence-corrected chi connectivity index (χ3v) is 12.3. The first-order valence-electron chi connectivity index (χ1n) is 23.1. The van der Waals surface area contributed by atoms with Crippen LogP contribution < -0.4 is 36.4 Å². The molecule has 4 aliphatic rings. The van der Waals surface area contributed by atoms with E-state index in [4.69, 9.17) is 20.9 Å². The van der Waals surface area contributed by atoms with Gasteiger partial charge in [-0.15, -0.1) is 0 Å². The summed E-state index contributed by atoms with van der Waals surface area (Å²) in [5.74, 6) is 1.19. The molecule has 24 nitrogen and oxygen atoms in total. The van der Waals surface area contributed by atoms with Crippen molar-refractivity contribution in [3.63, 3.8) is 0 Å².